The van der Waals surface area contributed by atoms with Gasteiger partial charge in [-0.1, -0.05) is 32.4 Å². The summed E-state index contributed by atoms with van der Waals surface area (Å²) in [7, 11) is 0. The lowest BCUT2D eigenvalue weighted by atomic mass is 9.47. The molecule has 0 heterocycles. The molecule has 0 aromatic carbocycles. The van der Waals surface area contributed by atoms with Crippen LogP contribution in [0.2, 0.25) is 0 Å². The summed E-state index contributed by atoms with van der Waals surface area (Å²) in [5.41, 5.74) is 1.83. The van der Waals surface area contributed by atoms with E-state index in [1.807, 2.05) is 0 Å². The van der Waals surface area contributed by atoms with E-state index in [2.05, 4.69) is 26.8 Å². The van der Waals surface area contributed by atoms with E-state index in [0.29, 0.717) is 30.0 Å². The van der Waals surface area contributed by atoms with E-state index in [-0.39, 0.29) is 16.7 Å². The molecule has 0 spiro atoms. The highest BCUT2D eigenvalue weighted by molar-refractivity contribution is 5.84. The zero-order valence-corrected chi connectivity index (χ0v) is 14.2. The SMILES string of the molecule is CC1C(=O)C[C@H]2[C@@H]3CC=C4CC(F)CC[C@]4(C)[C@@H]3CC[C@]12C. The maximum atomic E-state index is 13.8. The van der Waals surface area contributed by atoms with E-state index >= 15 is 0 Å². The fourth-order valence-electron chi connectivity index (χ4n) is 6.65. The fraction of sp³-hybridized carbons (Fsp3) is 0.850. The summed E-state index contributed by atoms with van der Waals surface area (Å²) in [5, 5.41) is 0. The molecule has 1 nitrogen and oxygen atoms in total. The number of Topliss-reactive ketones (excluding diaryl/α,β-unsaturated/α-hetero) is 1. The Kier molecular flexibility index (Phi) is 3.17. The summed E-state index contributed by atoms with van der Waals surface area (Å²) >= 11 is 0. The predicted molar refractivity (Wildman–Crippen MR) is 86.2 cm³/mol. The van der Waals surface area contributed by atoms with Crippen LogP contribution >= 0.6 is 0 Å². The van der Waals surface area contributed by atoms with Crippen molar-refractivity contribution in [3.8, 4) is 0 Å². The highest BCUT2D eigenvalue weighted by Crippen LogP contribution is 2.65. The second kappa shape index (κ2) is 4.68. The maximum Gasteiger partial charge on any atom is 0.136 e. The molecule has 7 atom stereocenters. The summed E-state index contributed by atoms with van der Waals surface area (Å²) in [4.78, 5) is 12.4. The summed E-state index contributed by atoms with van der Waals surface area (Å²) in [6, 6.07) is 0. The number of fused-ring (bicyclic) bond motifs is 5. The lowest BCUT2D eigenvalue weighted by Gasteiger charge is -2.57. The summed E-state index contributed by atoms with van der Waals surface area (Å²) in [5.74, 6) is 2.61. The Morgan fingerprint density at radius 3 is 2.68 bits per heavy atom. The number of hydrogen-bond donors (Lipinski definition) is 0. The van der Waals surface area contributed by atoms with Gasteiger partial charge < -0.3 is 0 Å². The third-order valence-corrected chi connectivity index (χ3v) is 8.37. The summed E-state index contributed by atoms with van der Waals surface area (Å²) in [6.07, 6.45) is 8.45. The van der Waals surface area contributed by atoms with Crippen molar-refractivity contribution in [3.05, 3.63) is 11.6 Å². The molecule has 4 aliphatic carbocycles. The Bertz CT molecular complexity index is 538. The van der Waals surface area contributed by atoms with Gasteiger partial charge in [0.1, 0.15) is 12.0 Å². The molecule has 0 N–H and O–H groups in total. The largest absolute Gasteiger partial charge is 0.299 e. The standard InChI is InChI=1S/C20H29FO/c1-12-18(22)11-17-15-5-4-13-10-14(21)6-8-20(13,3)16(15)7-9-19(12,17)2/h4,12,14-17H,5-11H2,1-3H3/t12?,14?,15-,16-,17+,19-,20+/m1/s1. The van der Waals surface area contributed by atoms with E-state index in [4.69, 9.17) is 0 Å². The lowest BCUT2D eigenvalue weighted by Crippen LogP contribution is -2.50. The van der Waals surface area contributed by atoms with Crippen molar-refractivity contribution in [2.45, 2.75) is 71.9 Å². The first kappa shape index (κ1) is 14.9. The molecule has 22 heavy (non-hydrogen) atoms. The molecule has 3 fully saturated rings. The van der Waals surface area contributed by atoms with E-state index < -0.39 is 6.17 Å². The van der Waals surface area contributed by atoms with Crippen molar-refractivity contribution >= 4 is 5.78 Å². The molecule has 2 heteroatoms. The lowest BCUT2D eigenvalue weighted by molar-refractivity contribution is -0.121. The first-order valence-electron chi connectivity index (χ1n) is 9.22. The third-order valence-electron chi connectivity index (χ3n) is 8.37. The molecule has 0 radical (unpaired) electrons. The molecule has 0 saturated heterocycles. The topological polar surface area (TPSA) is 17.1 Å². The van der Waals surface area contributed by atoms with Gasteiger partial charge in [-0.3, -0.25) is 4.79 Å². The van der Waals surface area contributed by atoms with Gasteiger partial charge in [-0.15, -0.1) is 0 Å². The van der Waals surface area contributed by atoms with Crippen LogP contribution in [0.3, 0.4) is 0 Å². The van der Waals surface area contributed by atoms with Crippen molar-refractivity contribution in [1.82, 2.24) is 0 Å². The molecular weight excluding hydrogens is 275 g/mol. The molecular formula is C20H29FO. The second-order valence-electron chi connectivity index (χ2n) is 9.04. The first-order valence-corrected chi connectivity index (χ1v) is 9.22. The summed E-state index contributed by atoms with van der Waals surface area (Å²) in [6.45, 7) is 6.91. The van der Waals surface area contributed by atoms with Crippen LogP contribution in [0, 0.1) is 34.5 Å². The minimum atomic E-state index is -0.627. The minimum Gasteiger partial charge on any atom is -0.299 e. The fourth-order valence-corrected chi connectivity index (χ4v) is 6.65. The molecule has 0 aromatic heterocycles. The Balaban J connectivity index is 1.70. The van der Waals surface area contributed by atoms with Crippen LogP contribution in [0.15, 0.2) is 11.6 Å². The van der Waals surface area contributed by atoms with Gasteiger partial charge in [0, 0.05) is 18.8 Å². The molecule has 0 bridgehead atoms. The van der Waals surface area contributed by atoms with Crippen LogP contribution in [0.4, 0.5) is 4.39 Å². The number of alkyl halides is 1. The number of ketones is 1. The highest BCUT2D eigenvalue weighted by atomic mass is 19.1. The first-order chi connectivity index (χ1) is 10.4. The van der Waals surface area contributed by atoms with Gasteiger partial charge in [-0.2, -0.15) is 0 Å². The number of rotatable bonds is 0. The second-order valence-corrected chi connectivity index (χ2v) is 9.04. The zero-order chi connectivity index (χ0) is 15.7. The summed E-state index contributed by atoms with van der Waals surface area (Å²) < 4.78 is 13.8. The van der Waals surface area contributed by atoms with Crippen LogP contribution < -0.4 is 0 Å². The Hall–Kier alpha value is -0.660. The van der Waals surface area contributed by atoms with Crippen LogP contribution in [0.5, 0.6) is 0 Å². The number of carbonyl (C=O) groups excluding carboxylic acids is 1. The molecule has 4 aliphatic rings. The van der Waals surface area contributed by atoms with Crippen LogP contribution in [-0.2, 0) is 4.79 Å². The van der Waals surface area contributed by atoms with E-state index in [1.54, 1.807) is 0 Å². The Morgan fingerprint density at radius 1 is 1.14 bits per heavy atom. The third kappa shape index (κ3) is 1.79. The quantitative estimate of drug-likeness (QED) is 0.569. The van der Waals surface area contributed by atoms with E-state index in [0.717, 1.165) is 25.7 Å². The van der Waals surface area contributed by atoms with Gasteiger partial charge in [0.25, 0.3) is 0 Å². The van der Waals surface area contributed by atoms with Crippen molar-refractivity contribution in [2.75, 3.05) is 0 Å². The van der Waals surface area contributed by atoms with Crippen LogP contribution in [0.1, 0.15) is 65.7 Å². The average molecular weight is 304 g/mol. The Labute approximate surface area is 133 Å². The molecule has 3 saturated carbocycles. The number of allylic oxidation sites excluding steroid dienone is 2. The molecule has 0 aromatic rings. The number of hydrogen-bond acceptors (Lipinski definition) is 1. The Morgan fingerprint density at radius 2 is 1.91 bits per heavy atom. The average Bonchev–Trinajstić information content (AvgIpc) is 2.72. The maximum absolute atomic E-state index is 13.8. The monoisotopic (exact) mass is 304 g/mol. The molecule has 0 aliphatic heterocycles. The van der Waals surface area contributed by atoms with E-state index in [9.17, 15) is 9.18 Å². The van der Waals surface area contributed by atoms with Crippen LogP contribution in [0.25, 0.3) is 0 Å². The molecule has 122 valence electrons. The van der Waals surface area contributed by atoms with Gasteiger partial charge in [0.15, 0.2) is 0 Å². The van der Waals surface area contributed by atoms with Crippen LogP contribution in [-0.4, -0.2) is 12.0 Å². The smallest absolute Gasteiger partial charge is 0.136 e. The molecule has 4 rings (SSSR count). The minimum absolute atomic E-state index is 0.210. The van der Waals surface area contributed by atoms with Crippen molar-refractivity contribution < 1.29 is 9.18 Å². The predicted octanol–water partition coefficient (Wildman–Crippen LogP) is 5.10. The molecule has 2 unspecified atom stereocenters. The van der Waals surface area contributed by atoms with E-state index in [1.165, 1.54) is 18.4 Å². The normalized spacial score (nSPS) is 54.3. The number of carbonyl (C=O) groups is 1. The van der Waals surface area contributed by atoms with Crippen molar-refractivity contribution in [2.24, 2.45) is 34.5 Å². The van der Waals surface area contributed by atoms with Gasteiger partial charge in [-0.25, -0.2) is 4.39 Å². The molecule has 0 amide bonds. The highest BCUT2D eigenvalue weighted by Gasteiger charge is 2.59. The van der Waals surface area contributed by atoms with Gasteiger partial charge >= 0.3 is 0 Å². The van der Waals surface area contributed by atoms with Gasteiger partial charge in [-0.05, 0) is 60.7 Å². The van der Waals surface area contributed by atoms with Crippen molar-refractivity contribution in [1.29, 1.82) is 0 Å². The van der Waals surface area contributed by atoms with Gasteiger partial charge in [0.2, 0.25) is 0 Å². The number of halogens is 1. The van der Waals surface area contributed by atoms with Gasteiger partial charge in [0.05, 0.1) is 0 Å². The van der Waals surface area contributed by atoms with Crippen molar-refractivity contribution in [3.63, 3.8) is 0 Å². The zero-order valence-electron chi connectivity index (χ0n) is 14.2.